The third kappa shape index (κ3) is 2.69. The molecular formula is C17H13N3O3. The van der Waals surface area contributed by atoms with Crippen LogP contribution < -0.4 is 16.1 Å². The molecule has 23 heavy (non-hydrogen) atoms. The number of aromatic amines is 1. The van der Waals surface area contributed by atoms with Crippen LogP contribution >= 0.6 is 0 Å². The van der Waals surface area contributed by atoms with Gasteiger partial charge in [0.05, 0.1) is 26.7 Å². The average Bonchev–Trinajstić information content (AvgIpc) is 2.84. The van der Waals surface area contributed by atoms with Crippen molar-refractivity contribution >= 4 is 18.3 Å². The molecule has 2 aromatic carbocycles. The van der Waals surface area contributed by atoms with Gasteiger partial charge in [-0.1, -0.05) is 36.9 Å². The quantitative estimate of drug-likeness (QED) is 0.585. The van der Waals surface area contributed by atoms with Crippen molar-refractivity contribution in [1.82, 2.24) is 9.78 Å². The van der Waals surface area contributed by atoms with E-state index in [9.17, 15) is 14.9 Å². The van der Waals surface area contributed by atoms with Crippen molar-refractivity contribution in [2.24, 2.45) is 0 Å². The summed E-state index contributed by atoms with van der Waals surface area (Å²) in [6, 6.07) is 15.3. The van der Waals surface area contributed by atoms with Crippen molar-refractivity contribution in [2.45, 2.75) is 0 Å². The molecule has 3 rings (SSSR count). The zero-order chi connectivity index (χ0) is 16.4. The van der Waals surface area contributed by atoms with Gasteiger partial charge in [-0.3, -0.25) is 20.0 Å². The van der Waals surface area contributed by atoms with E-state index < -0.39 is 4.92 Å². The minimum atomic E-state index is -0.475. The van der Waals surface area contributed by atoms with E-state index in [1.165, 1.54) is 16.8 Å². The standard InChI is InChI=1S/C17H13N3O3/c1-12-15(11-13-7-5-6-10-16(13)20(22)23)17(21)19(18-12)14-8-3-2-4-9-14/h2-11,18H,1H2/b15-11-. The average molecular weight is 307 g/mol. The Kier molecular flexibility index (Phi) is 3.64. The van der Waals surface area contributed by atoms with Gasteiger partial charge in [0.1, 0.15) is 0 Å². The minimum Gasteiger partial charge on any atom is -0.291 e. The van der Waals surface area contributed by atoms with Crippen LogP contribution in [0.3, 0.4) is 0 Å². The number of nitrogens with zero attached hydrogens (tertiary/aromatic N) is 2. The predicted molar refractivity (Wildman–Crippen MR) is 87.8 cm³/mol. The van der Waals surface area contributed by atoms with Crippen molar-refractivity contribution < 1.29 is 4.92 Å². The van der Waals surface area contributed by atoms with E-state index in [0.717, 1.165) is 0 Å². The molecule has 0 aliphatic rings. The summed E-state index contributed by atoms with van der Waals surface area (Å²) in [6.07, 6.45) is 1.48. The molecule has 0 unspecified atom stereocenters. The number of aromatic nitrogens is 2. The molecule has 6 nitrogen and oxygen atoms in total. The zero-order valence-electron chi connectivity index (χ0n) is 12.1. The van der Waals surface area contributed by atoms with E-state index in [4.69, 9.17) is 0 Å². The maximum Gasteiger partial charge on any atom is 0.279 e. The molecule has 6 heteroatoms. The Morgan fingerprint density at radius 3 is 2.43 bits per heavy atom. The maximum absolute atomic E-state index is 12.6. The van der Waals surface area contributed by atoms with E-state index >= 15 is 0 Å². The second-order valence-corrected chi connectivity index (χ2v) is 4.94. The number of benzene rings is 2. The first-order chi connectivity index (χ1) is 11.1. The SMILES string of the molecule is C=c1[nH]n(-c2ccccc2)c(=O)/c1=C\c1ccccc1[N+](=O)[O-]. The summed E-state index contributed by atoms with van der Waals surface area (Å²) in [5.41, 5.74) is 0.668. The topological polar surface area (TPSA) is 80.9 Å². The minimum absolute atomic E-state index is 0.0567. The number of hydrogen-bond donors (Lipinski definition) is 1. The Bertz CT molecular complexity index is 1030. The number of hydrogen-bond acceptors (Lipinski definition) is 3. The van der Waals surface area contributed by atoms with E-state index in [2.05, 4.69) is 11.7 Å². The molecule has 1 N–H and O–H groups in total. The second kappa shape index (κ2) is 5.76. The number of para-hydroxylation sites is 2. The summed E-state index contributed by atoms with van der Waals surface area (Å²) in [5.74, 6) is 0. The molecule has 0 aliphatic heterocycles. The van der Waals surface area contributed by atoms with Crippen LogP contribution in [-0.2, 0) is 0 Å². The third-order valence-corrected chi connectivity index (χ3v) is 3.45. The number of rotatable bonds is 3. The van der Waals surface area contributed by atoms with Gasteiger partial charge in [0.15, 0.2) is 0 Å². The Hall–Kier alpha value is -3.41. The van der Waals surface area contributed by atoms with Gasteiger partial charge in [0.25, 0.3) is 11.2 Å². The van der Waals surface area contributed by atoms with Crippen molar-refractivity contribution in [3.05, 3.63) is 91.2 Å². The van der Waals surface area contributed by atoms with E-state index in [1.54, 1.807) is 30.3 Å². The van der Waals surface area contributed by atoms with Crippen LogP contribution in [0.1, 0.15) is 5.56 Å². The monoisotopic (exact) mass is 307 g/mol. The molecule has 1 heterocycles. The second-order valence-electron chi connectivity index (χ2n) is 4.94. The molecule has 0 amide bonds. The predicted octanol–water partition coefficient (Wildman–Crippen LogP) is 1.31. The molecular weight excluding hydrogens is 294 g/mol. The van der Waals surface area contributed by atoms with Gasteiger partial charge in [0.2, 0.25) is 0 Å². The Morgan fingerprint density at radius 1 is 1.09 bits per heavy atom. The molecule has 0 bridgehead atoms. The van der Waals surface area contributed by atoms with Crippen LogP contribution in [0.5, 0.6) is 0 Å². The summed E-state index contributed by atoms with van der Waals surface area (Å²) >= 11 is 0. The van der Waals surface area contributed by atoms with E-state index in [-0.39, 0.29) is 11.2 Å². The maximum atomic E-state index is 12.6. The number of nitrogens with one attached hydrogen (secondary N) is 1. The first-order valence-electron chi connectivity index (χ1n) is 6.88. The van der Waals surface area contributed by atoms with Crippen molar-refractivity contribution in [3.63, 3.8) is 0 Å². The highest BCUT2D eigenvalue weighted by molar-refractivity contribution is 5.60. The van der Waals surface area contributed by atoms with Crippen LogP contribution in [0.15, 0.2) is 59.4 Å². The molecule has 0 radical (unpaired) electrons. The fraction of sp³-hybridized carbons (Fsp3) is 0. The van der Waals surface area contributed by atoms with Crippen LogP contribution in [0.4, 0.5) is 5.69 Å². The molecule has 0 atom stereocenters. The highest BCUT2D eigenvalue weighted by atomic mass is 16.6. The van der Waals surface area contributed by atoms with E-state index in [1.807, 2.05) is 18.2 Å². The Labute approximate surface area is 130 Å². The van der Waals surface area contributed by atoms with Gasteiger partial charge in [0, 0.05) is 6.07 Å². The lowest BCUT2D eigenvalue weighted by Crippen LogP contribution is -2.34. The lowest BCUT2D eigenvalue weighted by atomic mass is 10.1. The Balaban J connectivity index is 2.24. The summed E-state index contributed by atoms with van der Waals surface area (Å²) in [6.45, 7) is 3.82. The first kappa shape index (κ1) is 14.5. The fourth-order valence-electron chi connectivity index (χ4n) is 2.33. The van der Waals surface area contributed by atoms with Crippen molar-refractivity contribution in [2.75, 3.05) is 0 Å². The molecule has 0 spiro atoms. The highest BCUT2D eigenvalue weighted by Gasteiger charge is 2.11. The summed E-state index contributed by atoms with van der Waals surface area (Å²) in [7, 11) is 0. The molecule has 1 aromatic heterocycles. The van der Waals surface area contributed by atoms with E-state index in [0.29, 0.717) is 21.8 Å². The van der Waals surface area contributed by atoms with Crippen LogP contribution in [-0.4, -0.2) is 14.7 Å². The molecule has 114 valence electrons. The molecule has 0 saturated carbocycles. The van der Waals surface area contributed by atoms with Crippen molar-refractivity contribution in [3.8, 4) is 5.69 Å². The van der Waals surface area contributed by atoms with Crippen molar-refractivity contribution in [1.29, 1.82) is 0 Å². The van der Waals surface area contributed by atoms with Crippen LogP contribution in [0.25, 0.3) is 18.3 Å². The Morgan fingerprint density at radius 2 is 1.74 bits per heavy atom. The normalized spacial score (nSPS) is 11.6. The molecule has 0 aliphatic carbocycles. The van der Waals surface area contributed by atoms with Crippen LogP contribution in [0.2, 0.25) is 0 Å². The van der Waals surface area contributed by atoms with Gasteiger partial charge in [-0.05, 0) is 24.3 Å². The van der Waals surface area contributed by atoms with Gasteiger partial charge in [-0.25, -0.2) is 4.68 Å². The fourth-order valence-corrected chi connectivity index (χ4v) is 2.33. The molecule has 0 saturated heterocycles. The number of nitro groups is 1. The van der Waals surface area contributed by atoms with Gasteiger partial charge in [-0.2, -0.15) is 0 Å². The smallest absolute Gasteiger partial charge is 0.279 e. The number of H-pyrrole nitrogens is 1. The first-order valence-corrected chi connectivity index (χ1v) is 6.88. The summed E-state index contributed by atoms with van der Waals surface area (Å²) in [5, 5.41) is 14.7. The highest BCUT2D eigenvalue weighted by Crippen LogP contribution is 2.17. The third-order valence-electron chi connectivity index (χ3n) is 3.45. The number of nitro benzene ring substituents is 1. The zero-order valence-corrected chi connectivity index (χ0v) is 12.1. The van der Waals surface area contributed by atoms with Gasteiger partial charge in [-0.15, -0.1) is 0 Å². The molecule has 3 aromatic rings. The van der Waals surface area contributed by atoms with Crippen LogP contribution in [0, 0.1) is 10.1 Å². The largest absolute Gasteiger partial charge is 0.291 e. The molecule has 0 fully saturated rings. The lowest BCUT2D eigenvalue weighted by Gasteiger charge is -1.98. The summed E-state index contributed by atoms with van der Waals surface area (Å²) < 4.78 is 1.36. The summed E-state index contributed by atoms with van der Waals surface area (Å²) in [4.78, 5) is 23.2. The lowest BCUT2D eigenvalue weighted by molar-refractivity contribution is -0.385. The van der Waals surface area contributed by atoms with Gasteiger partial charge >= 0.3 is 0 Å². The van der Waals surface area contributed by atoms with Gasteiger partial charge < -0.3 is 0 Å².